The van der Waals surface area contributed by atoms with Crippen LogP contribution >= 0.6 is 23.2 Å². The molecule has 31 heavy (non-hydrogen) atoms. The molecule has 0 atom stereocenters. The van der Waals surface area contributed by atoms with Gasteiger partial charge in [0, 0.05) is 16.8 Å². The van der Waals surface area contributed by atoms with Crippen LogP contribution in [0.4, 0.5) is 5.69 Å². The molecule has 152 valence electrons. The molecule has 5 aromatic rings. The van der Waals surface area contributed by atoms with E-state index in [-0.39, 0.29) is 5.91 Å². The topological polar surface area (TPSA) is 83.8 Å². The standard InChI is InChI=1S/C23H14Cl2N4O2/c24-16-5-2-6-17(25)21(16)22-28-18-8-7-14(10-19(18)29-22)23(30)27-15-4-1-3-13(9-15)20-11-26-12-31-20/h1-12H,(H,27,30)(H,28,29). The molecule has 0 aliphatic carbocycles. The van der Waals surface area contributed by atoms with Gasteiger partial charge in [-0.3, -0.25) is 4.79 Å². The van der Waals surface area contributed by atoms with Crippen LogP contribution in [-0.4, -0.2) is 20.9 Å². The number of benzene rings is 3. The largest absolute Gasteiger partial charge is 0.444 e. The second-order valence-electron chi connectivity index (χ2n) is 6.81. The third-order valence-corrected chi connectivity index (χ3v) is 5.41. The molecule has 0 aliphatic rings. The maximum atomic E-state index is 12.8. The molecule has 5 rings (SSSR count). The van der Waals surface area contributed by atoms with Crippen molar-refractivity contribution in [3.8, 4) is 22.7 Å². The predicted octanol–water partition coefficient (Wildman–Crippen LogP) is 6.44. The number of carbonyl (C=O) groups excluding carboxylic acids is 1. The van der Waals surface area contributed by atoms with E-state index in [2.05, 4.69) is 20.3 Å². The number of oxazole rings is 1. The number of rotatable bonds is 4. The minimum absolute atomic E-state index is 0.247. The first-order chi connectivity index (χ1) is 15.1. The summed E-state index contributed by atoms with van der Waals surface area (Å²) in [6.45, 7) is 0. The van der Waals surface area contributed by atoms with Crippen LogP contribution in [0.5, 0.6) is 0 Å². The minimum Gasteiger partial charge on any atom is -0.444 e. The van der Waals surface area contributed by atoms with Crippen molar-refractivity contribution in [2.24, 2.45) is 0 Å². The lowest BCUT2D eigenvalue weighted by Gasteiger charge is -2.06. The fourth-order valence-electron chi connectivity index (χ4n) is 3.31. The summed E-state index contributed by atoms with van der Waals surface area (Å²) < 4.78 is 5.31. The monoisotopic (exact) mass is 448 g/mol. The van der Waals surface area contributed by atoms with Crippen LogP contribution in [0.1, 0.15) is 10.4 Å². The van der Waals surface area contributed by atoms with Gasteiger partial charge in [-0.25, -0.2) is 9.97 Å². The second kappa shape index (κ2) is 7.91. The lowest BCUT2D eigenvalue weighted by atomic mass is 10.1. The van der Waals surface area contributed by atoms with Crippen molar-refractivity contribution < 1.29 is 9.21 Å². The first-order valence-corrected chi connectivity index (χ1v) is 10.1. The Balaban J connectivity index is 1.43. The Morgan fingerprint density at radius 3 is 2.58 bits per heavy atom. The van der Waals surface area contributed by atoms with Crippen molar-refractivity contribution in [3.05, 3.63) is 88.9 Å². The molecule has 0 saturated carbocycles. The van der Waals surface area contributed by atoms with Crippen LogP contribution in [0.15, 0.2) is 77.7 Å². The summed E-state index contributed by atoms with van der Waals surface area (Å²) in [6.07, 6.45) is 2.99. The van der Waals surface area contributed by atoms with Gasteiger partial charge in [-0.15, -0.1) is 0 Å². The van der Waals surface area contributed by atoms with Crippen molar-refractivity contribution in [2.45, 2.75) is 0 Å². The third-order valence-electron chi connectivity index (χ3n) is 4.78. The number of H-pyrrole nitrogens is 1. The fourth-order valence-corrected chi connectivity index (χ4v) is 3.88. The molecule has 2 aromatic heterocycles. The molecule has 0 bridgehead atoms. The smallest absolute Gasteiger partial charge is 0.255 e. The quantitative estimate of drug-likeness (QED) is 0.331. The summed E-state index contributed by atoms with van der Waals surface area (Å²) in [4.78, 5) is 24.5. The molecule has 3 aromatic carbocycles. The normalized spacial score (nSPS) is 11.0. The van der Waals surface area contributed by atoms with Gasteiger partial charge in [-0.05, 0) is 42.5 Å². The fraction of sp³-hybridized carbons (Fsp3) is 0. The second-order valence-corrected chi connectivity index (χ2v) is 7.63. The van der Waals surface area contributed by atoms with E-state index in [1.807, 2.05) is 24.3 Å². The van der Waals surface area contributed by atoms with Crippen LogP contribution < -0.4 is 5.32 Å². The first-order valence-electron chi connectivity index (χ1n) is 9.33. The molecule has 0 radical (unpaired) electrons. The zero-order chi connectivity index (χ0) is 21.4. The van der Waals surface area contributed by atoms with Gasteiger partial charge in [-0.2, -0.15) is 0 Å². The van der Waals surface area contributed by atoms with E-state index in [1.54, 1.807) is 42.6 Å². The Labute approximate surface area is 186 Å². The molecule has 8 heteroatoms. The number of halogens is 2. The van der Waals surface area contributed by atoms with Gasteiger partial charge in [0.1, 0.15) is 5.82 Å². The molecule has 0 spiro atoms. The predicted molar refractivity (Wildman–Crippen MR) is 121 cm³/mol. The number of aromatic nitrogens is 3. The Kier molecular flexibility index (Phi) is 4.94. The molecule has 1 amide bonds. The Hall–Kier alpha value is -3.61. The summed E-state index contributed by atoms with van der Waals surface area (Å²) in [5.41, 5.74) is 3.98. The van der Waals surface area contributed by atoms with E-state index >= 15 is 0 Å². The highest BCUT2D eigenvalue weighted by atomic mass is 35.5. The van der Waals surface area contributed by atoms with Gasteiger partial charge in [0.05, 0.1) is 32.8 Å². The van der Waals surface area contributed by atoms with Crippen LogP contribution in [-0.2, 0) is 0 Å². The number of anilines is 1. The highest BCUT2D eigenvalue weighted by Crippen LogP contribution is 2.34. The van der Waals surface area contributed by atoms with Crippen molar-refractivity contribution in [1.82, 2.24) is 15.0 Å². The van der Waals surface area contributed by atoms with Crippen molar-refractivity contribution in [3.63, 3.8) is 0 Å². The van der Waals surface area contributed by atoms with Crippen LogP contribution in [0, 0.1) is 0 Å². The van der Waals surface area contributed by atoms with E-state index in [9.17, 15) is 4.79 Å². The van der Waals surface area contributed by atoms with Gasteiger partial charge in [0.15, 0.2) is 12.2 Å². The van der Waals surface area contributed by atoms with E-state index in [1.165, 1.54) is 6.39 Å². The van der Waals surface area contributed by atoms with Gasteiger partial charge < -0.3 is 14.7 Å². The molecule has 2 heterocycles. The van der Waals surface area contributed by atoms with Crippen LogP contribution in [0.2, 0.25) is 10.0 Å². The number of nitrogens with one attached hydrogen (secondary N) is 2. The van der Waals surface area contributed by atoms with Gasteiger partial charge >= 0.3 is 0 Å². The highest BCUT2D eigenvalue weighted by molar-refractivity contribution is 6.39. The Bertz CT molecular complexity index is 1390. The maximum absolute atomic E-state index is 12.8. The van der Waals surface area contributed by atoms with E-state index in [0.29, 0.717) is 49.5 Å². The van der Waals surface area contributed by atoms with Crippen molar-refractivity contribution >= 4 is 45.8 Å². The summed E-state index contributed by atoms with van der Waals surface area (Å²) in [6, 6.07) is 17.9. The third kappa shape index (κ3) is 3.79. The number of hydrogen-bond acceptors (Lipinski definition) is 4. The molecular formula is C23H14Cl2N4O2. The van der Waals surface area contributed by atoms with Gasteiger partial charge in [0.25, 0.3) is 5.91 Å². The molecular weight excluding hydrogens is 435 g/mol. The summed E-state index contributed by atoms with van der Waals surface area (Å²) in [7, 11) is 0. The Morgan fingerprint density at radius 2 is 1.81 bits per heavy atom. The summed E-state index contributed by atoms with van der Waals surface area (Å²) in [5.74, 6) is 0.923. The maximum Gasteiger partial charge on any atom is 0.255 e. The number of imidazole rings is 1. The van der Waals surface area contributed by atoms with E-state index in [4.69, 9.17) is 27.6 Å². The number of fused-ring (bicyclic) bond motifs is 1. The molecule has 0 aliphatic heterocycles. The SMILES string of the molecule is O=C(Nc1cccc(-c2cnco2)c1)c1ccc2nc(-c3c(Cl)cccc3Cl)[nH]c2c1. The average molecular weight is 449 g/mol. The van der Waals surface area contributed by atoms with E-state index < -0.39 is 0 Å². The van der Waals surface area contributed by atoms with Crippen molar-refractivity contribution in [1.29, 1.82) is 0 Å². The van der Waals surface area contributed by atoms with Crippen molar-refractivity contribution in [2.75, 3.05) is 5.32 Å². The number of aromatic amines is 1. The number of hydrogen-bond donors (Lipinski definition) is 2. The van der Waals surface area contributed by atoms with Crippen LogP contribution in [0.3, 0.4) is 0 Å². The molecule has 6 nitrogen and oxygen atoms in total. The van der Waals surface area contributed by atoms with Crippen LogP contribution in [0.25, 0.3) is 33.7 Å². The zero-order valence-electron chi connectivity index (χ0n) is 15.9. The Morgan fingerprint density at radius 1 is 1.00 bits per heavy atom. The number of carbonyl (C=O) groups is 1. The minimum atomic E-state index is -0.247. The lowest BCUT2D eigenvalue weighted by Crippen LogP contribution is -2.11. The van der Waals surface area contributed by atoms with Gasteiger partial charge in [0.2, 0.25) is 0 Å². The first kappa shape index (κ1) is 19.4. The van der Waals surface area contributed by atoms with Gasteiger partial charge in [-0.1, -0.05) is 41.4 Å². The molecule has 0 fully saturated rings. The summed E-state index contributed by atoms with van der Waals surface area (Å²) >= 11 is 12.6. The summed E-state index contributed by atoms with van der Waals surface area (Å²) in [5, 5.41) is 3.90. The zero-order valence-corrected chi connectivity index (χ0v) is 17.4. The average Bonchev–Trinajstić information content (AvgIpc) is 3.43. The molecule has 0 unspecified atom stereocenters. The lowest BCUT2D eigenvalue weighted by molar-refractivity contribution is 0.102. The molecule has 0 saturated heterocycles. The highest BCUT2D eigenvalue weighted by Gasteiger charge is 2.15. The number of nitrogens with zero attached hydrogens (tertiary/aromatic N) is 2. The van der Waals surface area contributed by atoms with E-state index in [0.717, 1.165) is 5.56 Å². The number of amides is 1. The molecule has 2 N–H and O–H groups in total.